The van der Waals surface area contributed by atoms with E-state index in [0.29, 0.717) is 6.54 Å². The Morgan fingerprint density at radius 3 is 2.47 bits per heavy atom. The van der Waals surface area contributed by atoms with Crippen molar-refractivity contribution >= 4 is 29.7 Å². The number of primary amides is 1. The molecule has 0 aliphatic carbocycles. The lowest BCUT2D eigenvalue weighted by atomic mass is 10.2. The van der Waals surface area contributed by atoms with Crippen LogP contribution in [0.2, 0.25) is 0 Å². The smallest absolute Gasteiger partial charge is 0.326 e. The van der Waals surface area contributed by atoms with Crippen LogP contribution >= 0.6 is 11.8 Å². The number of urea groups is 1. The number of carbonyl (C=O) groups excluding carboxylic acids is 2. The monoisotopic (exact) mass is 291 g/mol. The highest BCUT2D eigenvalue weighted by Crippen LogP contribution is 2.01. The second-order valence-corrected chi connectivity index (χ2v) is 5.00. The molecule has 1 unspecified atom stereocenters. The predicted octanol–water partition coefficient (Wildman–Crippen LogP) is 0.148. The first-order valence-corrected chi connectivity index (χ1v) is 7.41. The number of carbonyl (C=O) groups is 3. The molecule has 0 rings (SSSR count). The molecule has 0 spiro atoms. The molecule has 110 valence electrons. The molecule has 8 heteroatoms. The second-order valence-electron chi connectivity index (χ2n) is 4.01. The van der Waals surface area contributed by atoms with Gasteiger partial charge in [-0.05, 0) is 24.9 Å². The molecular formula is C11H21N3O4S. The lowest BCUT2D eigenvalue weighted by Crippen LogP contribution is -2.47. The van der Waals surface area contributed by atoms with E-state index in [1.54, 1.807) is 11.8 Å². The topological polar surface area (TPSA) is 122 Å². The highest BCUT2D eigenvalue weighted by Gasteiger charge is 2.21. The molecule has 0 heterocycles. The summed E-state index contributed by atoms with van der Waals surface area (Å²) in [6.07, 6.45) is 4.54. The Hall–Kier alpha value is -1.44. The van der Waals surface area contributed by atoms with E-state index in [1.807, 2.05) is 6.26 Å². The van der Waals surface area contributed by atoms with Gasteiger partial charge in [-0.3, -0.25) is 4.79 Å². The van der Waals surface area contributed by atoms with Gasteiger partial charge in [0, 0.05) is 6.54 Å². The van der Waals surface area contributed by atoms with Crippen molar-refractivity contribution in [2.45, 2.75) is 31.7 Å². The number of aliphatic carboxylic acids is 1. The summed E-state index contributed by atoms with van der Waals surface area (Å²) < 4.78 is 0. The summed E-state index contributed by atoms with van der Waals surface area (Å²) >= 11 is 1.77. The molecule has 0 saturated carbocycles. The van der Waals surface area contributed by atoms with Crippen LogP contribution in [0.3, 0.4) is 0 Å². The summed E-state index contributed by atoms with van der Waals surface area (Å²) in [4.78, 5) is 32.8. The van der Waals surface area contributed by atoms with E-state index in [2.05, 4.69) is 10.6 Å². The van der Waals surface area contributed by atoms with Crippen molar-refractivity contribution in [2.75, 3.05) is 18.6 Å². The number of carboxylic acid groups (broad SMARTS) is 1. The Balaban J connectivity index is 3.81. The minimum absolute atomic E-state index is 0.420. The van der Waals surface area contributed by atoms with Gasteiger partial charge >= 0.3 is 12.0 Å². The lowest BCUT2D eigenvalue weighted by Gasteiger charge is -2.13. The van der Waals surface area contributed by atoms with Crippen molar-refractivity contribution in [1.82, 2.24) is 10.6 Å². The summed E-state index contributed by atoms with van der Waals surface area (Å²) in [5.74, 6) is -0.968. The first kappa shape index (κ1) is 17.6. The maximum atomic E-state index is 11.4. The van der Waals surface area contributed by atoms with Gasteiger partial charge in [0.25, 0.3) is 0 Å². The fraction of sp³-hybridized carbons (Fsp3) is 0.727. The molecule has 0 aromatic heterocycles. The Morgan fingerprint density at radius 2 is 1.95 bits per heavy atom. The molecule has 7 nitrogen and oxygen atoms in total. The molecule has 3 amide bonds. The Bertz CT molecular complexity index is 312. The van der Waals surface area contributed by atoms with Crippen LogP contribution < -0.4 is 16.4 Å². The molecular weight excluding hydrogens is 270 g/mol. The molecule has 0 aliphatic rings. The highest BCUT2D eigenvalue weighted by atomic mass is 32.2. The van der Waals surface area contributed by atoms with Crippen molar-refractivity contribution in [2.24, 2.45) is 5.73 Å². The quantitative estimate of drug-likeness (QED) is 0.427. The standard InChI is InChI=1S/C11H21N3O4S/c1-19-6-4-2-3-5-13-11(18)14-8(10(16)17)7-9(12)15/h8H,2-7H2,1H3,(H2,12,15)(H,16,17)(H2,13,14,18). The second kappa shape index (κ2) is 10.5. The minimum atomic E-state index is -1.28. The molecule has 0 aliphatic heterocycles. The summed E-state index contributed by atoms with van der Waals surface area (Å²) in [6.45, 7) is 0.475. The largest absolute Gasteiger partial charge is 0.480 e. The molecule has 19 heavy (non-hydrogen) atoms. The van der Waals surface area contributed by atoms with Gasteiger partial charge in [0.05, 0.1) is 6.42 Å². The number of rotatable bonds is 10. The Kier molecular flexibility index (Phi) is 9.69. The molecule has 0 bridgehead atoms. The van der Waals surface area contributed by atoms with E-state index < -0.39 is 30.4 Å². The first-order valence-electron chi connectivity index (χ1n) is 6.01. The van der Waals surface area contributed by atoms with Crippen LogP contribution in [0, 0.1) is 0 Å². The average Bonchev–Trinajstić information content (AvgIpc) is 2.32. The molecule has 0 aromatic rings. The molecule has 0 aromatic carbocycles. The molecule has 0 radical (unpaired) electrons. The molecule has 0 saturated heterocycles. The van der Waals surface area contributed by atoms with Gasteiger partial charge < -0.3 is 21.5 Å². The third-order valence-corrected chi connectivity index (χ3v) is 3.02. The van der Waals surface area contributed by atoms with Gasteiger partial charge in [0.1, 0.15) is 6.04 Å². The van der Waals surface area contributed by atoms with Gasteiger partial charge in [-0.1, -0.05) is 6.42 Å². The van der Waals surface area contributed by atoms with Gasteiger partial charge in [-0.25, -0.2) is 9.59 Å². The van der Waals surface area contributed by atoms with E-state index in [9.17, 15) is 14.4 Å². The summed E-state index contributed by atoms with van der Waals surface area (Å²) in [6, 6.07) is -1.88. The van der Waals surface area contributed by atoms with Gasteiger partial charge in [0.15, 0.2) is 0 Å². The van der Waals surface area contributed by atoms with Crippen LogP contribution in [-0.2, 0) is 9.59 Å². The van der Waals surface area contributed by atoms with E-state index in [4.69, 9.17) is 10.8 Å². The van der Waals surface area contributed by atoms with E-state index in [1.165, 1.54) is 0 Å². The highest BCUT2D eigenvalue weighted by molar-refractivity contribution is 7.98. The third kappa shape index (κ3) is 10.2. The first-order chi connectivity index (χ1) is 8.97. The minimum Gasteiger partial charge on any atom is -0.480 e. The zero-order chi connectivity index (χ0) is 14.7. The number of hydrogen-bond donors (Lipinski definition) is 4. The SMILES string of the molecule is CSCCCCCNC(=O)NC(CC(N)=O)C(=O)O. The van der Waals surface area contributed by atoms with Crippen LogP contribution in [0.25, 0.3) is 0 Å². The lowest BCUT2D eigenvalue weighted by molar-refractivity contribution is -0.140. The fourth-order valence-electron chi connectivity index (χ4n) is 1.36. The van der Waals surface area contributed by atoms with Crippen LogP contribution in [0.4, 0.5) is 4.79 Å². The molecule has 0 fully saturated rings. The predicted molar refractivity (Wildman–Crippen MR) is 74.0 cm³/mol. The number of amides is 3. The zero-order valence-corrected chi connectivity index (χ0v) is 11.8. The van der Waals surface area contributed by atoms with Gasteiger partial charge in [-0.15, -0.1) is 0 Å². The van der Waals surface area contributed by atoms with Crippen LogP contribution in [-0.4, -0.2) is 47.6 Å². The summed E-state index contributed by atoms with van der Waals surface area (Å²) in [5, 5.41) is 13.5. The zero-order valence-electron chi connectivity index (χ0n) is 11.0. The van der Waals surface area contributed by atoms with E-state index in [0.717, 1.165) is 25.0 Å². The fourth-order valence-corrected chi connectivity index (χ4v) is 1.85. The average molecular weight is 291 g/mol. The number of thioether (sulfide) groups is 1. The number of hydrogen-bond acceptors (Lipinski definition) is 4. The van der Waals surface area contributed by atoms with E-state index in [-0.39, 0.29) is 0 Å². The summed E-state index contributed by atoms with van der Waals surface area (Å²) in [5.41, 5.74) is 4.90. The number of unbranched alkanes of at least 4 members (excludes halogenated alkanes) is 2. The van der Waals surface area contributed by atoms with Gasteiger partial charge in [0.2, 0.25) is 5.91 Å². The van der Waals surface area contributed by atoms with Crippen molar-refractivity contribution < 1.29 is 19.5 Å². The Labute approximate surface area is 116 Å². The molecule has 1 atom stereocenters. The maximum Gasteiger partial charge on any atom is 0.326 e. The summed E-state index contributed by atoms with van der Waals surface area (Å²) in [7, 11) is 0. The van der Waals surface area contributed by atoms with Crippen molar-refractivity contribution in [1.29, 1.82) is 0 Å². The van der Waals surface area contributed by atoms with Crippen molar-refractivity contribution in [3.63, 3.8) is 0 Å². The van der Waals surface area contributed by atoms with Crippen molar-refractivity contribution in [3.8, 4) is 0 Å². The van der Waals surface area contributed by atoms with Crippen molar-refractivity contribution in [3.05, 3.63) is 0 Å². The Morgan fingerprint density at radius 1 is 1.26 bits per heavy atom. The third-order valence-electron chi connectivity index (χ3n) is 2.32. The number of nitrogens with one attached hydrogen (secondary N) is 2. The van der Waals surface area contributed by atoms with Gasteiger partial charge in [-0.2, -0.15) is 11.8 Å². The van der Waals surface area contributed by atoms with Crippen LogP contribution in [0.15, 0.2) is 0 Å². The number of nitrogens with two attached hydrogens (primary N) is 1. The van der Waals surface area contributed by atoms with Crippen LogP contribution in [0.5, 0.6) is 0 Å². The van der Waals surface area contributed by atoms with E-state index >= 15 is 0 Å². The normalized spacial score (nSPS) is 11.6. The number of carboxylic acids is 1. The maximum absolute atomic E-state index is 11.4. The van der Waals surface area contributed by atoms with Crippen LogP contribution in [0.1, 0.15) is 25.7 Å². The molecule has 5 N–H and O–H groups in total.